The smallest absolute Gasteiger partial charge is 0.346 e. The molecule has 1 rings (SSSR count). The Morgan fingerprint density at radius 2 is 1.87 bits per heavy atom. The third kappa shape index (κ3) is 2.76. The number of carbonyl (C=O) groups excluding carboxylic acids is 1. The summed E-state index contributed by atoms with van der Waals surface area (Å²) in [6.07, 6.45) is 0. The number of benzene rings is 1. The maximum absolute atomic E-state index is 11.8. The van der Waals surface area contributed by atoms with Crippen LogP contribution in [-0.4, -0.2) is 17.3 Å². The molecular weight excluding hydrogens is 212 g/mol. The van der Waals surface area contributed by atoms with Gasteiger partial charge in [0.1, 0.15) is 4.91 Å². The van der Waals surface area contributed by atoms with Crippen LogP contribution in [-0.2, 0) is 20.3 Å². The summed E-state index contributed by atoms with van der Waals surface area (Å²) in [7, 11) is -0.299. The Labute approximate surface area is 91.2 Å². The van der Waals surface area contributed by atoms with Crippen molar-refractivity contribution >= 4 is 16.8 Å². The molecule has 0 aliphatic rings. The maximum atomic E-state index is 11.8. The van der Waals surface area contributed by atoms with E-state index in [0.29, 0.717) is 4.90 Å². The van der Waals surface area contributed by atoms with Gasteiger partial charge in [0.2, 0.25) is 0 Å². The summed E-state index contributed by atoms with van der Waals surface area (Å²) in [6, 6.07) is 7.08. The van der Waals surface area contributed by atoms with E-state index in [2.05, 4.69) is 11.3 Å². The second-order valence-electron chi connectivity index (χ2n) is 3.00. The van der Waals surface area contributed by atoms with Gasteiger partial charge in [-0.1, -0.05) is 24.3 Å². The molecule has 0 saturated heterocycles. The number of carbonyl (C=O) groups is 1. The predicted octanol–water partition coefficient (Wildman–Crippen LogP) is 1.79. The van der Waals surface area contributed by atoms with Crippen molar-refractivity contribution in [1.82, 2.24) is 0 Å². The van der Waals surface area contributed by atoms with Crippen LogP contribution in [0.5, 0.6) is 0 Å². The molecule has 0 unspecified atom stereocenters. The first-order chi connectivity index (χ1) is 7.06. The lowest BCUT2D eigenvalue weighted by atomic mass is 10.2. The Hall–Kier alpha value is -1.42. The molecule has 4 heteroatoms. The Bertz CT molecular complexity index is 406. The molecule has 0 heterocycles. The van der Waals surface area contributed by atoms with Gasteiger partial charge in [0.05, 0.1) is 17.9 Å². The van der Waals surface area contributed by atoms with Crippen molar-refractivity contribution < 1.29 is 13.7 Å². The first kappa shape index (κ1) is 11.7. The molecule has 0 spiro atoms. The number of aryl methyl sites for hydroxylation is 1. The Kier molecular flexibility index (Phi) is 3.80. The van der Waals surface area contributed by atoms with Gasteiger partial charge >= 0.3 is 5.97 Å². The van der Waals surface area contributed by atoms with E-state index in [-0.39, 0.29) is 4.91 Å². The van der Waals surface area contributed by atoms with Crippen molar-refractivity contribution in [2.45, 2.75) is 11.8 Å². The highest BCUT2D eigenvalue weighted by Gasteiger charge is 2.15. The Balaban J connectivity index is 2.90. The fourth-order valence-corrected chi connectivity index (χ4v) is 1.90. The van der Waals surface area contributed by atoms with Gasteiger partial charge in [-0.05, 0) is 19.1 Å². The fraction of sp³-hybridized carbons (Fsp3) is 0.182. The summed E-state index contributed by atoms with van der Waals surface area (Å²) in [5.41, 5.74) is 1.07. The summed E-state index contributed by atoms with van der Waals surface area (Å²) >= 11 is 0. The first-order valence-electron chi connectivity index (χ1n) is 4.32. The van der Waals surface area contributed by atoms with Gasteiger partial charge < -0.3 is 4.74 Å². The summed E-state index contributed by atoms with van der Waals surface area (Å²) in [5, 5.41) is 0. The molecular formula is C11H12O3S. The number of hydrogen-bond donors (Lipinski definition) is 0. The first-order valence-corrected chi connectivity index (χ1v) is 5.47. The van der Waals surface area contributed by atoms with Gasteiger partial charge in [0, 0.05) is 4.90 Å². The third-order valence-corrected chi connectivity index (χ3v) is 3.19. The Morgan fingerprint density at radius 3 is 2.33 bits per heavy atom. The molecule has 1 atom stereocenters. The van der Waals surface area contributed by atoms with Crippen molar-refractivity contribution in [3.63, 3.8) is 0 Å². The van der Waals surface area contributed by atoms with Crippen molar-refractivity contribution in [2.24, 2.45) is 0 Å². The minimum absolute atomic E-state index is 0.0404. The largest absolute Gasteiger partial charge is 0.465 e. The molecule has 1 aromatic carbocycles. The molecule has 1 aromatic rings. The Morgan fingerprint density at radius 1 is 1.33 bits per heavy atom. The number of rotatable bonds is 3. The highest BCUT2D eigenvalue weighted by molar-refractivity contribution is 7.90. The standard InChI is InChI=1S/C11H12O3S/c1-8-4-6-10(7-5-8)15(13)9(2)11(12)14-3/h4-7H,2H2,1,3H3/t15-/m1/s1. The van der Waals surface area contributed by atoms with Crippen LogP contribution in [0.25, 0.3) is 0 Å². The zero-order chi connectivity index (χ0) is 11.4. The second kappa shape index (κ2) is 4.89. The molecule has 80 valence electrons. The normalized spacial score (nSPS) is 11.9. The number of methoxy groups -OCH3 is 1. The molecule has 0 amide bonds. The lowest BCUT2D eigenvalue weighted by molar-refractivity contribution is -0.135. The molecule has 15 heavy (non-hydrogen) atoms. The molecule has 0 radical (unpaired) electrons. The van der Waals surface area contributed by atoms with Crippen LogP contribution < -0.4 is 0 Å². The van der Waals surface area contributed by atoms with Crippen LogP contribution in [0, 0.1) is 6.92 Å². The molecule has 0 N–H and O–H groups in total. The monoisotopic (exact) mass is 224 g/mol. The van der Waals surface area contributed by atoms with Crippen molar-refractivity contribution in [2.75, 3.05) is 7.11 Å². The average molecular weight is 224 g/mol. The minimum Gasteiger partial charge on any atom is -0.465 e. The SMILES string of the molecule is C=C(C(=O)OC)[S@@](=O)c1ccc(C)cc1. The van der Waals surface area contributed by atoms with E-state index >= 15 is 0 Å². The molecule has 0 aromatic heterocycles. The van der Waals surface area contributed by atoms with Crippen molar-refractivity contribution in [3.05, 3.63) is 41.3 Å². The van der Waals surface area contributed by atoms with Gasteiger partial charge in [-0.25, -0.2) is 9.00 Å². The van der Waals surface area contributed by atoms with E-state index in [0.717, 1.165) is 5.56 Å². The molecule has 3 nitrogen and oxygen atoms in total. The van der Waals surface area contributed by atoms with Gasteiger partial charge in [0.25, 0.3) is 0 Å². The van der Waals surface area contributed by atoms with Crippen LogP contribution in [0.15, 0.2) is 40.6 Å². The highest BCUT2D eigenvalue weighted by atomic mass is 32.2. The molecule has 0 aliphatic carbocycles. The van der Waals surface area contributed by atoms with E-state index in [1.165, 1.54) is 7.11 Å². The lowest BCUT2D eigenvalue weighted by Gasteiger charge is -2.03. The molecule has 0 aliphatic heterocycles. The molecule has 0 saturated carbocycles. The average Bonchev–Trinajstić information content (AvgIpc) is 2.27. The van der Waals surface area contributed by atoms with E-state index in [1.54, 1.807) is 12.1 Å². The van der Waals surface area contributed by atoms with Crippen molar-refractivity contribution in [3.8, 4) is 0 Å². The van der Waals surface area contributed by atoms with Gasteiger partial charge in [-0.3, -0.25) is 0 Å². The highest BCUT2D eigenvalue weighted by Crippen LogP contribution is 2.14. The van der Waals surface area contributed by atoms with E-state index in [9.17, 15) is 9.00 Å². The van der Waals surface area contributed by atoms with E-state index < -0.39 is 16.8 Å². The van der Waals surface area contributed by atoms with Crippen LogP contribution in [0.1, 0.15) is 5.56 Å². The number of esters is 1. The quantitative estimate of drug-likeness (QED) is 0.580. The zero-order valence-corrected chi connectivity index (χ0v) is 9.47. The summed E-state index contributed by atoms with van der Waals surface area (Å²) in [5.74, 6) is -0.645. The fourth-order valence-electron chi connectivity index (χ4n) is 0.994. The van der Waals surface area contributed by atoms with E-state index in [1.807, 2.05) is 19.1 Å². The van der Waals surface area contributed by atoms with Gasteiger partial charge in [-0.2, -0.15) is 0 Å². The van der Waals surface area contributed by atoms with Crippen LogP contribution in [0.4, 0.5) is 0 Å². The number of hydrogen-bond acceptors (Lipinski definition) is 3. The zero-order valence-electron chi connectivity index (χ0n) is 8.65. The van der Waals surface area contributed by atoms with Crippen LogP contribution >= 0.6 is 0 Å². The van der Waals surface area contributed by atoms with Crippen LogP contribution in [0.2, 0.25) is 0 Å². The van der Waals surface area contributed by atoms with Crippen LogP contribution in [0.3, 0.4) is 0 Å². The summed E-state index contributed by atoms with van der Waals surface area (Å²) < 4.78 is 16.2. The molecule has 0 fully saturated rings. The number of ether oxygens (including phenoxy) is 1. The van der Waals surface area contributed by atoms with Crippen molar-refractivity contribution in [1.29, 1.82) is 0 Å². The van der Waals surface area contributed by atoms with Gasteiger partial charge in [-0.15, -0.1) is 0 Å². The lowest BCUT2D eigenvalue weighted by Crippen LogP contribution is -2.08. The van der Waals surface area contributed by atoms with Gasteiger partial charge in [0.15, 0.2) is 0 Å². The predicted molar refractivity (Wildman–Crippen MR) is 58.7 cm³/mol. The topological polar surface area (TPSA) is 43.4 Å². The molecule has 0 bridgehead atoms. The summed E-state index contributed by atoms with van der Waals surface area (Å²) in [6.45, 7) is 5.38. The minimum atomic E-state index is -1.54. The summed E-state index contributed by atoms with van der Waals surface area (Å²) in [4.78, 5) is 11.6. The third-order valence-electron chi connectivity index (χ3n) is 1.87. The van der Waals surface area contributed by atoms with E-state index in [4.69, 9.17) is 0 Å². The maximum Gasteiger partial charge on any atom is 0.346 e. The second-order valence-corrected chi connectivity index (χ2v) is 4.50.